The van der Waals surface area contributed by atoms with Gasteiger partial charge in [0.1, 0.15) is 12.4 Å². The standard InChI is InChI=1S/C17H18FN3O3S/c18-14-6-2-1-5-13(14)16(23)21(10-12-4-3-8-24-12)11-15(22)20-17-19-7-9-25-17/h1-2,5-7,9,12H,3-4,8,10-11H2,(H,19,20,22). The Kier molecular flexibility index (Phi) is 5.72. The Balaban J connectivity index is 1.73. The summed E-state index contributed by atoms with van der Waals surface area (Å²) in [6, 6.07) is 5.76. The molecule has 25 heavy (non-hydrogen) atoms. The Morgan fingerprint density at radius 3 is 2.92 bits per heavy atom. The largest absolute Gasteiger partial charge is 0.376 e. The SMILES string of the molecule is O=C(CN(CC1CCCO1)C(=O)c1ccccc1F)Nc1nccs1. The van der Waals surface area contributed by atoms with Crippen LogP contribution in [0.4, 0.5) is 9.52 Å². The zero-order valence-electron chi connectivity index (χ0n) is 13.5. The fraction of sp³-hybridized carbons (Fsp3) is 0.353. The van der Waals surface area contributed by atoms with Crippen LogP contribution < -0.4 is 5.32 Å². The van der Waals surface area contributed by atoms with Crippen LogP contribution in [0.5, 0.6) is 0 Å². The number of amides is 2. The van der Waals surface area contributed by atoms with Crippen molar-refractivity contribution in [3.63, 3.8) is 0 Å². The van der Waals surface area contributed by atoms with Gasteiger partial charge in [-0.3, -0.25) is 9.59 Å². The number of rotatable bonds is 6. The van der Waals surface area contributed by atoms with Crippen molar-refractivity contribution in [2.75, 3.05) is 25.0 Å². The number of nitrogens with zero attached hydrogens (tertiary/aromatic N) is 2. The molecule has 1 fully saturated rings. The molecule has 0 saturated carbocycles. The van der Waals surface area contributed by atoms with Crippen molar-refractivity contribution in [1.29, 1.82) is 0 Å². The second kappa shape index (κ2) is 8.17. The topological polar surface area (TPSA) is 71.5 Å². The Morgan fingerprint density at radius 2 is 2.24 bits per heavy atom. The average molecular weight is 363 g/mol. The minimum atomic E-state index is -0.606. The lowest BCUT2D eigenvalue weighted by Gasteiger charge is -2.25. The van der Waals surface area contributed by atoms with Crippen LogP contribution >= 0.6 is 11.3 Å². The van der Waals surface area contributed by atoms with E-state index in [9.17, 15) is 14.0 Å². The number of benzene rings is 1. The molecule has 1 aliphatic heterocycles. The Morgan fingerprint density at radius 1 is 1.40 bits per heavy atom. The van der Waals surface area contributed by atoms with E-state index in [1.165, 1.54) is 34.4 Å². The first kappa shape index (κ1) is 17.5. The van der Waals surface area contributed by atoms with E-state index in [1.807, 2.05) is 0 Å². The minimum absolute atomic E-state index is 0.0532. The van der Waals surface area contributed by atoms with Crippen LogP contribution in [-0.2, 0) is 9.53 Å². The number of hydrogen-bond donors (Lipinski definition) is 1. The van der Waals surface area contributed by atoms with Gasteiger partial charge in [0.25, 0.3) is 5.91 Å². The van der Waals surface area contributed by atoms with E-state index >= 15 is 0 Å². The van der Waals surface area contributed by atoms with Gasteiger partial charge in [0.05, 0.1) is 11.7 Å². The molecule has 132 valence electrons. The fourth-order valence-corrected chi connectivity index (χ4v) is 3.22. The van der Waals surface area contributed by atoms with E-state index in [0.29, 0.717) is 11.7 Å². The number of thiazole rings is 1. The van der Waals surface area contributed by atoms with Gasteiger partial charge in [-0.2, -0.15) is 0 Å². The number of aromatic nitrogens is 1. The third kappa shape index (κ3) is 4.61. The molecule has 1 saturated heterocycles. The number of carbonyl (C=O) groups is 2. The predicted molar refractivity (Wildman–Crippen MR) is 92.0 cm³/mol. The molecule has 1 unspecified atom stereocenters. The molecule has 2 amide bonds. The normalized spacial score (nSPS) is 16.6. The number of ether oxygens (including phenoxy) is 1. The molecule has 1 aromatic heterocycles. The predicted octanol–water partition coefficient (Wildman–Crippen LogP) is 2.54. The van der Waals surface area contributed by atoms with Crippen LogP contribution in [0.25, 0.3) is 0 Å². The number of halogens is 1. The quantitative estimate of drug-likeness (QED) is 0.856. The second-order valence-electron chi connectivity index (χ2n) is 5.69. The Bertz CT molecular complexity index is 732. The number of carbonyl (C=O) groups excluding carboxylic acids is 2. The van der Waals surface area contributed by atoms with Crippen molar-refractivity contribution in [2.45, 2.75) is 18.9 Å². The smallest absolute Gasteiger partial charge is 0.257 e. The van der Waals surface area contributed by atoms with Gasteiger partial charge in [0.15, 0.2) is 5.13 Å². The zero-order valence-corrected chi connectivity index (χ0v) is 14.3. The Hall–Kier alpha value is -2.32. The number of anilines is 1. The van der Waals surface area contributed by atoms with Crippen LogP contribution in [-0.4, -0.2) is 47.5 Å². The molecular weight excluding hydrogens is 345 g/mol. The summed E-state index contributed by atoms with van der Waals surface area (Å²) in [7, 11) is 0. The summed E-state index contributed by atoms with van der Waals surface area (Å²) in [5, 5.41) is 4.84. The van der Waals surface area contributed by atoms with E-state index in [2.05, 4.69) is 10.3 Å². The van der Waals surface area contributed by atoms with Gasteiger partial charge in [0.2, 0.25) is 5.91 Å². The molecule has 2 heterocycles. The maximum atomic E-state index is 14.0. The van der Waals surface area contributed by atoms with Crippen LogP contribution in [0, 0.1) is 5.82 Å². The number of hydrogen-bond acceptors (Lipinski definition) is 5. The maximum absolute atomic E-state index is 14.0. The molecular formula is C17H18FN3O3S. The zero-order chi connectivity index (χ0) is 17.6. The molecule has 1 N–H and O–H groups in total. The van der Waals surface area contributed by atoms with Gasteiger partial charge in [-0.1, -0.05) is 12.1 Å². The highest BCUT2D eigenvalue weighted by Gasteiger charge is 2.26. The maximum Gasteiger partial charge on any atom is 0.257 e. The third-order valence-electron chi connectivity index (χ3n) is 3.85. The molecule has 0 radical (unpaired) electrons. The van der Waals surface area contributed by atoms with Crippen molar-refractivity contribution in [3.05, 3.63) is 47.2 Å². The van der Waals surface area contributed by atoms with Crippen molar-refractivity contribution < 1.29 is 18.7 Å². The lowest BCUT2D eigenvalue weighted by atomic mass is 10.1. The highest BCUT2D eigenvalue weighted by atomic mass is 32.1. The average Bonchev–Trinajstić information content (AvgIpc) is 3.28. The first-order valence-corrected chi connectivity index (χ1v) is 8.86. The van der Waals surface area contributed by atoms with Crippen molar-refractivity contribution >= 4 is 28.3 Å². The Labute approximate surface area is 148 Å². The summed E-state index contributed by atoms with van der Waals surface area (Å²) < 4.78 is 19.5. The molecule has 1 aliphatic rings. The highest BCUT2D eigenvalue weighted by molar-refractivity contribution is 7.13. The molecule has 2 aromatic rings. The highest BCUT2D eigenvalue weighted by Crippen LogP contribution is 2.17. The first-order chi connectivity index (χ1) is 12.1. The van der Waals surface area contributed by atoms with Crippen molar-refractivity contribution in [2.24, 2.45) is 0 Å². The fourth-order valence-electron chi connectivity index (χ4n) is 2.68. The molecule has 6 nitrogen and oxygen atoms in total. The third-order valence-corrected chi connectivity index (χ3v) is 4.54. The summed E-state index contributed by atoms with van der Waals surface area (Å²) in [6.45, 7) is 0.697. The molecule has 8 heteroatoms. The van der Waals surface area contributed by atoms with Gasteiger partial charge < -0.3 is 15.0 Å². The van der Waals surface area contributed by atoms with Crippen LogP contribution in [0.15, 0.2) is 35.8 Å². The van der Waals surface area contributed by atoms with Crippen molar-refractivity contribution in [3.8, 4) is 0 Å². The molecule has 0 spiro atoms. The number of nitrogens with one attached hydrogen (secondary N) is 1. The summed E-state index contributed by atoms with van der Waals surface area (Å²) in [5.74, 6) is -1.51. The van der Waals surface area contributed by atoms with Gasteiger partial charge in [0, 0.05) is 24.7 Å². The molecule has 1 aromatic carbocycles. The molecule has 0 aliphatic carbocycles. The van der Waals surface area contributed by atoms with Gasteiger partial charge in [-0.15, -0.1) is 11.3 Å². The summed E-state index contributed by atoms with van der Waals surface area (Å²) in [6.07, 6.45) is 3.17. The van der Waals surface area contributed by atoms with E-state index in [4.69, 9.17) is 4.74 Å². The van der Waals surface area contributed by atoms with E-state index < -0.39 is 11.7 Å². The van der Waals surface area contributed by atoms with Crippen molar-refractivity contribution in [1.82, 2.24) is 9.88 Å². The molecule has 3 rings (SSSR count). The van der Waals surface area contributed by atoms with E-state index in [-0.39, 0.29) is 30.7 Å². The van der Waals surface area contributed by atoms with Gasteiger partial charge >= 0.3 is 0 Å². The summed E-state index contributed by atoms with van der Waals surface area (Å²) in [4.78, 5) is 30.3. The van der Waals surface area contributed by atoms with E-state index in [1.54, 1.807) is 17.6 Å². The van der Waals surface area contributed by atoms with Gasteiger partial charge in [-0.25, -0.2) is 9.37 Å². The molecule has 1 atom stereocenters. The molecule has 0 bridgehead atoms. The van der Waals surface area contributed by atoms with Crippen LogP contribution in [0.2, 0.25) is 0 Å². The lowest BCUT2D eigenvalue weighted by molar-refractivity contribution is -0.117. The minimum Gasteiger partial charge on any atom is -0.376 e. The monoisotopic (exact) mass is 363 g/mol. The van der Waals surface area contributed by atoms with E-state index in [0.717, 1.165) is 12.8 Å². The lowest BCUT2D eigenvalue weighted by Crippen LogP contribution is -2.42. The van der Waals surface area contributed by atoms with Crippen LogP contribution in [0.3, 0.4) is 0 Å². The second-order valence-corrected chi connectivity index (χ2v) is 6.58. The first-order valence-electron chi connectivity index (χ1n) is 7.98. The summed E-state index contributed by atoms with van der Waals surface area (Å²) >= 11 is 1.29. The van der Waals surface area contributed by atoms with Crippen LogP contribution in [0.1, 0.15) is 23.2 Å². The summed E-state index contributed by atoms with van der Waals surface area (Å²) in [5.41, 5.74) is -0.0532. The van der Waals surface area contributed by atoms with Gasteiger partial charge in [-0.05, 0) is 25.0 Å².